The molecule has 0 spiro atoms. The molecular weight excluding hydrogens is 152 g/mol. The number of fused-ring (bicyclic) bond motifs is 2. The molecule has 0 amide bonds. The average Bonchev–Trinajstić information content (AvgIpc) is 2.80. The Morgan fingerprint density at radius 1 is 1.33 bits per heavy atom. The van der Waals surface area contributed by atoms with E-state index < -0.39 is 0 Å². The van der Waals surface area contributed by atoms with Crippen LogP contribution in [0, 0.1) is 23.7 Å². The van der Waals surface area contributed by atoms with Gasteiger partial charge in [0, 0.05) is 11.5 Å². The largest absolute Gasteiger partial charge is 0.515 e. The molecule has 3 saturated carbocycles. The lowest BCUT2D eigenvalue weighted by Gasteiger charge is -2.23. The number of allylic oxidation sites excluding steroid dienone is 1. The second-order valence-electron chi connectivity index (χ2n) is 4.31. The van der Waals surface area contributed by atoms with E-state index in [0.29, 0.717) is 23.7 Å². The summed E-state index contributed by atoms with van der Waals surface area (Å²) in [6.07, 6.45) is 4.55. The van der Waals surface area contributed by atoms with E-state index in [1.165, 1.54) is 6.42 Å². The van der Waals surface area contributed by atoms with Crippen molar-refractivity contribution in [3.8, 4) is 0 Å². The van der Waals surface area contributed by atoms with Gasteiger partial charge in [-0.1, -0.05) is 0 Å². The van der Waals surface area contributed by atoms with Gasteiger partial charge in [0.1, 0.15) is 0 Å². The van der Waals surface area contributed by atoms with E-state index in [-0.39, 0.29) is 5.78 Å². The minimum absolute atomic E-state index is 0.251. The van der Waals surface area contributed by atoms with Crippen LogP contribution in [0.15, 0.2) is 11.8 Å². The monoisotopic (exact) mass is 164 g/mol. The first kappa shape index (κ1) is 6.70. The summed E-state index contributed by atoms with van der Waals surface area (Å²) >= 11 is 0. The molecule has 0 radical (unpaired) electrons. The number of hydrogen-bond donors (Lipinski definition) is 1. The van der Waals surface area contributed by atoms with Crippen LogP contribution in [0.2, 0.25) is 0 Å². The van der Waals surface area contributed by atoms with Gasteiger partial charge in [-0.2, -0.15) is 0 Å². The zero-order valence-corrected chi connectivity index (χ0v) is 6.86. The maximum Gasteiger partial charge on any atom is 0.165 e. The number of rotatable bonds is 0. The van der Waals surface area contributed by atoms with Crippen LogP contribution >= 0.6 is 0 Å². The van der Waals surface area contributed by atoms with Crippen molar-refractivity contribution in [1.82, 2.24) is 0 Å². The molecule has 0 aromatic heterocycles. The normalized spacial score (nSPS) is 52.7. The highest BCUT2D eigenvalue weighted by molar-refractivity contribution is 6.01. The summed E-state index contributed by atoms with van der Waals surface area (Å²) in [5.74, 6) is 2.33. The third kappa shape index (κ3) is 0.598. The molecule has 64 valence electrons. The first-order valence-corrected chi connectivity index (χ1v) is 4.71. The van der Waals surface area contributed by atoms with Gasteiger partial charge in [0.25, 0.3) is 0 Å². The van der Waals surface area contributed by atoms with Crippen LogP contribution in [-0.4, -0.2) is 10.9 Å². The van der Waals surface area contributed by atoms with Crippen molar-refractivity contribution >= 4 is 5.78 Å². The predicted molar refractivity (Wildman–Crippen MR) is 43.5 cm³/mol. The molecule has 12 heavy (non-hydrogen) atoms. The smallest absolute Gasteiger partial charge is 0.165 e. The molecule has 3 fully saturated rings. The summed E-state index contributed by atoms with van der Waals surface area (Å²) in [6, 6.07) is 0. The number of ketones is 1. The Morgan fingerprint density at radius 2 is 2.17 bits per heavy atom. The van der Waals surface area contributed by atoms with Gasteiger partial charge in [0.05, 0.1) is 6.26 Å². The molecular formula is C10H12O2. The fraction of sp³-hybridized carbons (Fsp3) is 0.700. The van der Waals surface area contributed by atoms with Gasteiger partial charge < -0.3 is 5.11 Å². The summed E-state index contributed by atoms with van der Waals surface area (Å²) in [5, 5.41) is 8.93. The number of carbonyl (C=O) groups excluding carboxylic acids is 1. The van der Waals surface area contributed by atoms with Crippen molar-refractivity contribution in [2.75, 3.05) is 0 Å². The summed E-state index contributed by atoms with van der Waals surface area (Å²) in [6.45, 7) is 0. The SMILES string of the molecule is O=C1/C(=C/O)[C@H]2CC[C@@H]3[C@@H](C2)[C@@H]13. The highest BCUT2D eigenvalue weighted by atomic mass is 16.2. The van der Waals surface area contributed by atoms with Crippen LogP contribution < -0.4 is 0 Å². The standard InChI is InChI=1S/C10H12O2/c11-4-8-5-1-2-6-7(3-5)9(6)10(8)12/h4-7,9,11H,1-3H2/b8-4+/t5-,6+,7+,9-/m0/s1. The first-order valence-electron chi connectivity index (χ1n) is 4.71. The maximum absolute atomic E-state index is 11.6. The summed E-state index contributed by atoms with van der Waals surface area (Å²) in [5.41, 5.74) is 0.719. The molecule has 2 nitrogen and oxygen atoms in total. The lowest BCUT2D eigenvalue weighted by atomic mass is 9.80. The molecule has 0 aliphatic heterocycles. The lowest BCUT2D eigenvalue weighted by molar-refractivity contribution is -0.118. The fourth-order valence-electron chi connectivity index (χ4n) is 3.23. The topological polar surface area (TPSA) is 37.3 Å². The van der Waals surface area contributed by atoms with E-state index in [1.54, 1.807) is 0 Å². The Hall–Kier alpha value is -0.790. The third-order valence-corrected chi connectivity index (χ3v) is 3.90. The zero-order chi connectivity index (χ0) is 8.29. The number of aliphatic hydroxyl groups is 1. The Labute approximate surface area is 71.3 Å². The lowest BCUT2D eigenvalue weighted by Crippen LogP contribution is -2.21. The molecule has 3 aliphatic rings. The number of Topliss-reactive ketones (excluding diaryl/α,β-unsaturated/α-hetero) is 1. The van der Waals surface area contributed by atoms with Gasteiger partial charge in [0.15, 0.2) is 5.78 Å². The number of carbonyl (C=O) groups is 1. The van der Waals surface area contributed by atoms with Crippen molar-refractivity contribution in [3.05, 3.63) is 11.8 Å². The van der Waals surface area contributed by atoms with E-state index in [1.807, 2.05) is 0 Å². The van der Waals surface area contributed by atoms with Gasteiger partial charge >= 0.3 is 0 Å². The average molecular weight is 164 g/mol. The highest BCUT2D eigenvalue weighted by Gasteiger charge is 2.61. The van der Waals surface area contributed by atoms with Crippen LogP contribution in [0.25, 0.3) is 0 Å². The summed E-state index contributed by atoms with van der Waals surface area (Å²) in [4.78, 5) is 11.6. The fourth-order valence-corrected chi connectivity index (χ4v) is 3.23. The van der Waals surface area contributed by atoms with Crippen molar-refractivity contribution in [3.63, 3.8) is 0 Å². The van der Waals surface area contributed by atoms with Gasteiger partial charge in [-0.15, -0.1) is 0 Å². The molecule has 2 bridgehead atoms. The van der Waals surface area contributed by atoms with Crippen LogP contribution in [0.4, 0.5) is 0 Å². The van der Waals surface area contributed by atoms with Crippen molar-refractivity contribution < 1.29 is 9.90 Å². The van der Waals surface area contributed by atoms with E-state index in [9.17, 15) is 4.79 Å². The van der Waals surface area contributed by atoms with Crippen LogP contribution in [-0.2, 0) is 4.79 Å². The van der Waals surface area contributed by atoms with Crippen molar-refractivity contribution in [2.45, 2.75) is 19.3 Å². The molecule has 0 saturated heterocycles. The number of hydrogen-bond acceptors (Lipinski definition) is 2. The molecule has 0 aromatic rings. The predicted octanol–water partition coefficient (Wildman–Crippen LogP) is 1.67. The van der Waals surface area contributed by atoms with E-state index >= 15 is 0 Å². The quantitative estimate of drug-likeness (QED) is 0.437. The number of aliphatic hydroxyl groups excluding tert-OH is 1. The van der Waals surface area contributed by atoms with Crippen molar-refractivity contribution in [2.24, 2.45) is 23.7 Å². The molecule has 0 heterocycles. The molecule has 3 rings (SSSR count). The molecule has 4 atom stereocenters. The van der Waals surface area contributed by atoms with Gasteiger partial charge in [0.2, 0.25) is 0 Å². The van der Waals surface area contributed by atoms with Crippen LogP contribution in [0.5, 0.6) is 0 Å². The Bertz CT molecular complexity index is 276. The zero-order valence-electron chi connectivity index (χ0n) is 6.86. The molecule has 1 N–H and O–H groups in total. The minimum Gasteiger partial charge on any atom is -0.515 e. The third-order valence-electron chi connectivity index (χ3n) is 3.90. The van der Waals surface area contributed by atoms with Crippen LogP contribution in [0.3, 0.4) is 0 Å². The van der Waals surface area contributed by atoms with Crippen molar-refractivity contribution in [1.29, 1.82) is 0 Å². The van der Waals surface area contributed by atoms with E-state index in [0.717, 1.165) is 24.7 Å². The minimum atomic E-state index is 0.251. The molecule has 3 aliphatic carbocycles. The molecule has 2 heteroatoms. The summed E-state index contributed by atoms with van der Waals surface area (Å²) in [7, 11) is 0. The summed E-state index contributed by atoms with van der Waals surface area (Å²) < 4.78 is 0. The highest BCUT2D eigenvalue weighted by Crippen LogP contribution is 2.63. The second-order valence-corrected chi connectivity index (χ2v) is 4.31. The van der Waals surface area contributed by atoms with E-state index in [2.05, 4.69) is 0 Å². The van der Waals surface area contributed by atoms with E-state index in [4.69, 9.17) is 5.11 Å². The maximum atomic E-state index is 11.6. The van der Waals surface area contributed by atoms with Gasteiger partial charge in [-0.3, -0.25) is 4.79 Å². The molecule has 0 unspecified atom stereocenters. The van der Waals surface area contributed by atoms with Crippen LogP contribution in [0.1, 0.15) is 19.3 Å². The Kier molecular flexibility index (Phi) is 1.07. The van der Waals surface area contributed by atoms with Gasteiger partial charge in [-0.25, -0.2) is 0 Å². The van der Waals surface area contributed by atoms with Gasteiger partial charge in [-0.05, 0) is 37.0 Å². The molecule has 0 aromatic carbocycles. The Morgan fingerprint density at radius 3 is 2.92 bits per heavy atom. The second kappa shape index (κ2) is 1.93. The first-order chi connectivity index (χ1) is 5.83. The Balaban J connectivity index is 2.04.